The first-order valence-electron chi connectivity index (χ1n) is 9.06. The number of rotatable bonds is 3. The van der Waals surface area contributed by atoms with E-state index in [1.54, 1.807) is 9.58 Å². The molecule has 3 rings (SSSR count). The Bertz CT molecular complexity index is 783. The summed E-state index contributed by atoms with van der Waals surface area (Å²) in [5, 5.41) is 5.11. The second-order valence-electron chi connectivity index (χ2n) is 7.85. The van der Waals surface area contributed by atoms with Gasteiger partial charge in [0.15, 0.2) is 0 Å². The number of morpholine rings is 1. The lowest BCUT2D eigenvalue weighted by Gasteiger charge is -2.39. The van der Waals surface area contributed by atoms with Crippen LogP contribution < -0.4 is 0 Å². The van der Waals surface area contributed by atoms with Crippen LogP contribution in [0.4, 0.5) is 4.79 Å². The number of carbonyl (C=O) groups is 1. The Kier molecular flexibility index (Phi) is 5.77. The molecule has 1 fully saturated rings. The molecular weight excluding hydrogens is 366 g/mol. The van der Waals surface area contributed by atoms with Crippen LogP contribution in [0.5, 0.6) is 0 Å². The van der Waals surface area contributed by atoms with Crippen molar-refractivity contribution in [2.24, 2.45) is 7.05 Å². The summed E-state index contributed by atoms with van der Waals surface area (Å²) in [5.74, 6) is 0. The van der Waals surface area contributed by atoms with E-state index in [0.717, 1.165) is 11.3 Å². The summed E-state index contributed by atoms with van der Waals surface area (Å²) in [4.78, 5) is 14.6. The van der Waals surface area contributed by atoms with E-state index in [0.29, 0.717) is 24.6 Å². The third kappa shape index (κ3) is 5.23. The number of nitrogens with zero attached hydrogens (tertiary/aromatic N) is 3. The molecule has 27 heavy (non-hydrogen) atoms. The molecule has 7 heteroatoms. The molecule has 0 saturated carbocycles. The molecule has 2 heterocycles. The van der Waals surface area contributed by atoms with Crippen LogP contribution in [0.1, 0.15) is 38.1 Å². The summed E-state index contributed by atoms with van der Waals surface area (Å²) in [6.45, 7) is 6.44. The van der Waals surface area contributed by atoms with Crippen LogP contribution in [0.25, 0.3) is 0 Å². The number of amides is 1. The Morgan fingerprint density at radius 2 is 2.00 bits per heavy atom. The van der Waals surface area contributed by atoms with E-state index in [-0.39, 0.29) is 18.2 Å². The van der Waals surface area contributed by atoms with Gasteiger partial charge >= 0.3 is 6.09 Å². The predicted octanol–water partition coefficient (Wildman–Crippen LogP) is 3.99. The Morgan fingerprint density at radius 3 is 2.59 bits per heavy atom. The summed E-state index contributed by atoms with van der Waals surface area (Å²) >= 11 is 5.98. The van der Waals surface area contributed by atoms with Gasteiger partial charge in [-0.25, -0.2) is 4.79 Å². The lowest BCUT2D eigenvalue weighted by molar-refractivity contribution is -0.0724. The fraction of sp³-hybridized carbons (Fsp3) is 0.500. The van der Waals surface area contributed by atoms with Gasteiger partial charge in [0.05, 0.1) is 24.9 Å². The van der Waals surface area contributed by atoms with E-state index < -0.39 is 5.60 Å². The van der Waals surface area contributed by atoms with Gasteiger partial charge in [-0.15, -0.1) is 0 Å². The van der Waals surface area contributed by atoms with Crippen LogP contribution in [0, 0.1) is 0 Å². The van der Waals surface area contributed by atoms with E-state index in [9.17, 15) is 4.79 Å². The van der Waals surface area contributed by atoms with Gasteiger partial charge in [0.1, 0.15) is 11.7 Å². The van der Waals surface area contributed by atoms with Crippen LogP contribution in [-0.2, 0) is 22.9 Å². The highest BCUT2D eigenvalue weighted by molar-refractivity contribution is 6.30. The van der Waals surface area contributed by atoms with Crippen LogP contribution >= 0.6 is 11.6 Å². The summed E-state index contributed by atoms with van der Waals surface area (Å²) < 4.78 is 13.4. The van der Waals surface area contributed by atoms with E-state index in [1.807, 2.05) is 64.3 Å². The van der Waals surface area contributed by atoms with Gasteiger partial charge in [-0.1, -0.05) is 23.7 Å². The first kappa shape index (κ1) is 19.7. The quantitative estimate of drug-likeness (QED) is 0.793. The number of aryl methyl sites for hydroxylation is 1. The Hall–Kier alpha value is -2.05. The largest absolute Gasteiger partial charge is 0.444 e. The number of hydrogen-bond acceptors (Lipinski definition) is 4. The number of carbonyl (C=O) groups excluding carboxylic acids is 1. The minimum Gasteiger partial charge on any atom is -0.444 e. The lowest BCUT2D eigenvalue weighted by atomic mass is 10.0. The van der Waals surface area contributed by atoms with Crippen LogP contribution in [0.2, 0.25) is 5.02 Å². The third-order valence-electron chi connectivity index (χ3n) is 4.37. The summed E-state index contributed by atoms with van der Waals surface area (Å²) in [6.07, 6.45) is 1.95. The molecule has 1 amide bonds. The van der Waals surface area contributed by atoms with Crippen molar-refractivity contribution < 1.29 is 14.3 Å². The molecule has 0 aliphatic carbocycles. The van der Waals surface area contributed by atoms with Gasteiger partial charge in [-0.3, -0.25) is 9.58 Å². The first-order chi connectivity index (χ1) is 12.7. The number of benzene rings is 1. The van der Waals surface area contributed by atoms with Crippen molar-refractivity contribution in [3.63, 3.8) is 0 Å². The lowest BCUT2D eigenvalue weighted by Crippen LogP contribution is -2.52. The second-order valence-corrected chi connectivity index (χ2v) is 8.29. The average Bonchev–Trinajstić information content (AvgIpc) is 3.02. The Balaban J connectivity index is 1.78. The van der Waals surface area contributed by atoms with E-state index in [1.165, 1.54) is 0 Å². The minimum absolute atomic E-state index is 0.110. The normalized spacial score (nSPS) is 20.6. The molecule has 0 N–H and O–H groups in total. The molecule has 0 bridgehead atoms. The van der Waals surface area contributed by atoms with Crippen molar-refractivity contribution in [2.75, 3.05) is 13.2 Å². The van der Waals surface area contributed by atoms with Gasteiger partial charge in [-0.2, -0.15) is 5.10 Å². The molecule has 1 aliphatic heterocycles. The molecule has 2 atom stereocenters. The molecule has 146 valence electrons. The molecule has 0 spiro atoms. The summed E-state index contributed by atoms with van der Waals surface area (Å²) in [7, 11) is 1.86. The van der Waals surface area contributed by atoms with Crippen molar-refractivity contribution in [2.45, 2.75) is 44.9 Å². The number of ether oxygens (including phenoxy) is 2. The van der Waals surface area contributed by atoms with Gasteiger partial charge in [0.25, 0.3) is 0 Å². The maximum Gasteiger partial charge on any atom is 0.410 e. The first-order valence-corrected chi connectivity index (χ1v) is 9.44. The van der Waals surface area contributed by atoms with E-state index >= 15 is 0 Å². The van der Waals surface area contributed by atoms with Crippen molar-refractivity contribution >= 4 is 17.7 Å². The molecule has 0 radical (unpaired) electrons. The van der Waals surface area contributed by atoms with Crippen LogP contribution in [-0.4, -0.2) is 45.6 Å². The predicted molar refractivity (Wildman–Crippen MR) is 104 cm³/mol. The molecule has 6 nitrogen and oxygen atoms in total. The Labute approximate surface area is 165 Å². The number of halogens is 1. The molecule has 1 aromatic heterocycles. The van der Waals surface area contributed by atoms with Crippen molar-refractivity contribution in [1.82, 2.24) is 14.7 Å². The molecule has 1 aromatic carbocycles. The molecule has 2 unspecified atom stereocenters. The topological polar surface area (TPSA) is 56.6 Å². The highest BCUT2D eigenvalue weighted by Crippen LogP contribution is 2.27. The van der Waals surface area contributed by atoms with Crippen molar-refractivity contribution in [3.8, 4) is 0 Å². The molecule has 1 aliphatic rings. The summed E-state index contributed by atoms with van der Waals surface area (Å²) in [5.41, 5.74) is 1.36. The Morgan fingerprint density at radius 1 is 1.30 bits per heavy atom. The SMILES string of the molecule is Cn1ccc(C2CN(C(=O)OC(C)(C)C)C(Cc3ccc(Cl)cc3)CO2)n1. The highest BCUT2D eigenvalue weighted by Gasteiger charge is 2.36. The maximum absolute atomic E-state index is 12.9. The van der Waals surface area contributed by atoms with Crippen LogP contribution in [0.3, 0.4) is 0 Å². The van der Waals surface area contributed by atoms with E-state index in [2.05, 4.69) is 5.10 Å². The zero-order valence-electron chi connectivity index (χ0n) is 16.2. The van der Waals surface area contributed by atoms with Gasteiger partial charge in [0.2, 0.25) is 0 Å². The zero-order valence-corrected chi connectivity index (χ0v) is 16.9. The average molecular weight is 392 g/mol. The van der Waals surface area contributed by atoms with Crippen molar-refractivity contribution in [1.29, 1.82) is 0 Å². The zero-order chi connectivity index (χ0) is 19.6. The van der Waals surface area contributed by atoms with E-state index in [4.69, 9.17) is 21.1 Å². The number of aromatic nitrogens is 2. The maximum atomic E-state index is 12.9. The smallest absolute Gasteiger partial charge is 0.410 e. The van der Waals surface area contributed by atoms with Gasteiger partial charge in [-0.05, 0) is 51.0 Å². The number of hydrogen-bond donors (Lipinski definition) is 0. The van der Waals surface area contributed by atoms with Crippen molar-refractivity contribution in [3.05, 3.63) is 52.8 Å². The fourth-order valence-corrected chi connectivity index (χ4v) is 3.21. The monoisotopic (exact) mass is 391 g/mol. The molecule has 1 saturated heterocycles. The van der Waals surface area contributed by atoms with Gasteiger partial charge < -0.3 is 9.47 Å². The molecular formula is C20H26ClN3O3. The minimum atomic E-state index is -0.555. The van der Waals surface area contributed by atoms with Gasteiger partial charge in [0, 0.05) is 18.3 Å². The highest BCUT2D eigenvalue weighted by atomic mass is 35.5. The molecule has 2 aromatic rings. The third-order valence-corrected chi connectivity index (χ3v) is 4.62. The fourth-order valence-electron chi connectivity index (χ4n) is 3.09. The second kappa shape index (κ2) is 7.90. The van der Waals surface area contributed by atoms with Crippen LogP contribution in [0.15, 0.2) is 36.5 Å². The summed E-state index contributed by atoms with van der Waals surface area (Å²) in [6, 6.07) is 9.46. The standard InChI is InChI=1S/C20H26ClN3O3/c1-20(2,3)27-19(25)24-12-18(17-9-10-23(4)22-17)26-13-16(24)11-14-5-7-15(21)8-6-14/h5-10,16,18H,11-13H2,1-4H3.